The Bertz CT molecular complexity index is 404. The number of aromatic carboxylic acids is 1. The summed E-state index contributed by atoms with van der Waals surface area (Å²) >= 11 is 3.03. The van der Waals surface area contributed by atoms with Crippen LogP contribution in [0.15, 0.2) is 18.2 Å². The molecule has 0 heterocycles. The smallest absolute Gasteiger partial charge is 0.335 e. The largest absolute Gasteiger partial charge is 0.478 e. The van der Waals surface area contributed by atoms with Crippen LogP contribution in [0.25, 0.3) is 0 Å². The predicted molar refractivity (Wildman–Crippen MR) is 60.6 cm³/mol. The van der Waals surface area contributed by atoms with Crippen LogP contribution in [-0.2, 0) is 4.79 Å². The van der Waals surface area contributed by atoms with E-state index in [0.717, 1.165) is 5.56 Å². The topological polar surface area (TPSA) is 66.4 Å². The van der Waals surface area contributed by atoms with Crippen molar-refractivity contribution in [3.8, 4) is 0 Å². The Morgan fingerprint density at radius 2 is 2.13 bits per heavy atom. The lowest BCUT2D eigenvalue weighted by atomic mass is 10.1. The number of alkyl halides is 1. The molecular formula is C10H10BrNO3. The fraction of sp³-hybridized carbons (Fsp3) is 0.200. The Hall–Kier alpha value is -1.36. The van der Waals surface area contributed by atoms with Crippen molar-refractivity contribution in [2.75, 3.05) is 10.6 Å². The number of hydrogen-bond acceptors (Lipinski definition) is 2. The van der Waals surface area contributed by atoms with E-state index in [4.69, 9.17) is 5.11 Å². The molecule has 0 saturated heterocycles. The third-order valence-corrected chi connectivity index (χ3v) is 2.38. The van der Waals surface area contributed by atoms with Crippen molar-refractivity contribution in [1.82, 2.24) is 0 Å². The van der Waals surface area contributed by atoms with Crippen LogP contribution in [0.1, 0.15) is 15.9 Å². The summed E-state index contributed by atoms with van der Waals surface area (Å²) in [5.74, 6) is -1.14. The average molecular weight is 272 g/mol. The summed E-state index contributed by atoms with van der Waals surface area (Å²) in [6, 6.07) is 4.56. The van der Waals surface area contributed by atoms with Crippen molar-refractivity contribution in [2.24, 2.45) is 0 Å². The first-order chi connectivity index (χ1) is 7.04. The summed E-state index contributed by atoms with van der Waals surface area (Å²) in [5, 5.41) is 11.6. The number of anilines is 1. The number of carboxylic acid groups (broad SMARTS) is 1. The van der Waals surface area contributed by atoms with E-state index >= 15 is 0 Å². The maximum absolute atomic E-state index is 11.1. The molecule has 0 radical (unpaired) electrons. The monoisotopic (exact) mass is 271 g/mol. The number of rotatable bonds is 3. The molecule has 1 aromatic carbocycles. The van der Waals surface area contributed by atoms with E-state index in [9.17, 15) is 9.59 Å². The molecule has 80 valence electrons. The number of aryl methyl sites for hydroxylation is 1. The Morgan fingerprint density at radius 1 is 1.47 bits per heavy atom. The molecule has 0 bridgehead atoms. The van der Waals surface area contributed by atoms with E-state index in [0.29, 0.717) is 5.69 Å². The molecule has 0 aromatic heterocycles. The first kappa shape index (κ1) is 11.7. The van der Waals surface area contributed by atoms with Gasteiger partial charge in [0.1, 0.15) is 0 Å². The van der Waals surface area contributed by atoms with Gasteiger partial charge in [-0.1, -0.05) is 15.9 Å². The Morgan fingerprint density at radius 3 is 2.60 bits per heavy atom. The third kappa shape index (κ3) is 3.06. The van der Waals surface area contributed by atoms with E-state index in [1.165, 1.54) is 12.1 Å². The number of hydrogen-bond donors (Lipinski definition) is 2. The van der Waals surface area contributed by atoms with Crippen LogP contribution >= 0.6 is 15.9 Å². The van der Waals surface area contributed by atoms with Gasteiger partial charge in [0, 0.05) is 5.69 Å². The number of carboxylic acids is 1. The van der Waals surface area contributed by atoms with Gasteiger partial charge < -0.3 is 10.4 Å². The lowest BCUT2D eigenvalue weighted by Gasteiger charge is -2.07. The van der Waals surface area contributed by atoms with Gasteiger partial charge in [-0.15, -0.1) is 0 Å². The summed E-state index contributed by atoms with van der Waals surface area (Å²) in [6.07, 6.45) is 0. The summed E-state index contributed by atoms with van der Waals surface area (Å²) in [4.78, 5) is 21.7. The molecule has 1 aromatic rings. The second-order valence-electron chi connectivity index (χ2n) is 3.02. The van der Waals surface area contributed by atoms with Crippen molar-refractivity contribution in [3.05, 3.63) is 29.3 Å². The van der Waals surface area contributed by atoms with Crippen molar-refractivity contribution in [2.45, 2.75) is 6.92 Å². The number of benzene rings is 1. The minimum absolute atomic E-state index is 0.166. The molecule has 0 saturated carbocycles. The normalized spacial score (nSPS) is 9.73. The highest BCUT2D eigenvalue weighted by Gasteiger charge is 2.07. The molecule has 0 aliphatic carbocycles. The van der Waals surface area contributed by atoms with Gasteiger partial charge in [-0.05, 0) is 30.7 Å². The number of carbonyl (C=O) groups is 2. The van der Waals surface area contributed by atoms with Gasteiger partial charge in [0.05, 0.1) is 10.9 Å². The Balaban J connectivity index is 2.93. The number of halogens is 1. The fourth-order valence-electron chi connectivity index (χ4n) is 1.12. The molecule has 15 heavy (non-hydrogen) atoms. The number of amides is 1. The van der Waals surface area contributed by atoms with Crippen molar-refractivity contribution < 1.29 is 14.7 Å². The van der Waals surface area contributed by atoms with E-state index in [-0.39, 0.29) is 16.8 Å². The zero-order valence-electron chi connectivity index (χ0n) is 8.08. The standard InChI is InChI=1S/C10H10BrNO3/c1-6-4-7(10(14)15)2-3-8(6)12-9(13)5-11/h2-4H,5H2,1H3,(H,12,13)(H,14,15). The highest BCUT2D eigenvalue weighted by Crippen LogP contribution is 2.16. The van der Waals surface area contributed by atoms with Crippen LogP contribution in [0.2, 0.25) is 0 Å². The predicted octanol–water partition coefficient (Wildman–Crippen LogP) is 2.03. The minimum Gasteiger partial charge on any atom is -0.478 e. The lowest BCUT2D eigenvalue weighted by molar-refractivity contribution is -0.113. The van der Waals surface area contributed by atoms with Crippen LogP contribution < -0.4 is 5.32 Å². The Kier molecular flexibility index (Phi) is 3.85. The molecule has 0 atom stereocenters. The van der Waals surface area contributed by atoms with Crippen LogP contribution in [-0.4, -0.2) is 22.3 Å². The first-order valence-electron chi connectivity index (χ1n) is 4.24. The van der Waals surface area contributed by atoms with Crippen molar-refractivity contribution in [3.63, 3.8) is 0 Å². The van der Waals surface area contributed by atoms with Crippen molar-refractivity contribution >= 4 is 33.5 Å². The quantitative estimate of drug-likeness (QED) is 0.827. The summed E-state index contributed by atoms with van der Waals surface area (Å²) in [7, 11) is 0. The molecule has 5 heteroatoms. The molecule has 1 rings (SSSR count). The molecule has 0 spiro atoms. The number of carbonyl (C=O) groups excluding carboxylic acids is 1. The van der Waals surface area contributed by atoms with Gasteiger partial charge in [0.25, 0.3) is 0 Å². The second-order valence-corrected chi connectivity index (χ2v) is 3.58. The maximum atomic E-state index is 11.1. The molecule has 0 aliphatic heterocycles. The van der Waals surface area contributed by atoms with Crippen LogP contribution in [0.4, 0.5) is 5.69 Å². The van der Waals surface area contributed by atoms with E-state index in [1.807, 2.05) is 0 Å². The van der Waals surface area contributed by atoms with E-state index in [1.54, 1.807) is 13.0 Å². The second kappa shape index (κ2) is 4.93. The van der Waals surface area contributed by atoms with E-state index < -0.39 is 5.97 Å². The molecule has 1 amide bonds. The molecule has 0 fully saturated rings. The van der Waals surface area contributed by atoms with Crippen LogP contribution in [0.3, 0.4) is 0 Å². The molecule has 2 N–H and O–H groups in total. The van der Waals surface area contributed by atoms with Gasteiger partial charge in [-0.3, -0.25) is 4.79 Å². The van der Waals surface area contributed by atoms with Gasteiger partial charge >= 0.3 is 5.97 Å². The zero-order chi connectivity index (χ0) is 11.4. The highest BCUT2D eigenvalue weighted by atomic mass is 79.9. The van der Waals surface area contributed by atoms with Crippen molar-refractivity contribution in [1.29, 1.82) is 0 Å². The van der Waals surface area contributed by atoms with Crippen LogP contribution in [0.5, 0.6) is 0 Å². The SMILES string of the molecule is Cc1cc(C(=O)O)ccc1NC(=O)CBr. The highest BCUT2D eigenvalue weighted by molar-refractivity contribution is 9.09. The number of nitrogens with one attached hydrogen (secondary N) is 1. The molecule has 4 nitrogen and oxygen atoms in total. The van der Waals surface area contributed by atoms with E-state index in [2.05, 4.69) is 21.2 Å². The average Bonchev–Trinajstić information content (AvgIpc) is 2.20. The van der Waals surface area contributed by atoms with Gasteiger partial charge in [-0.2, -0.15) is 0 Å². The fourth-order valence-corrected chi connectivity index (χ4v) is 1.26. The molecule has 0 unspecified atom stereocenters. The summed E-state index contributed by atoms with van der Waals surface area (Å²) in [5.41, 5.74) is 1.57. The summed E-state index contributed by atoms with van der Waals surface area (Å²) in [6.45, 7) is 1.75. The van der Waals surface area contributed by atoms with Gasteiger partial charge in [0.15, 0.2) is 0 Å². The third-order valence-electron chi connectivity index (χ3n) is 1.87. The maximum Gasteiger partial charge on any atom is 0.335 e. The first-order valence-corrected chi connectivity index (χ1v) is 5.36. The molecular weight excluding hydrogens is 262 g/mol. The summed E-state index contributed by atoms with van der Waals surface area (Å²) < 4.78 is 0. The Labute approximate surface area is 95.4 Å². The lowest BCUT2D eigenvalue weighted by Crippen LogP contribution is -2.13. The minimum atomic E-state index is -0.975. The van der Waals surface area contributed by atoms with Crippen LogP contribution in [0, 0.1) is 6.92 Å². The zero-order valence-corrected chi connectivity index (χ0v) is 9.67. The molecule has 0 aliphatic rings. The van der Waals surface area contributed by atoms with Gasteiger partial charge in [0.2, 0.25) is 5.91 Å². The van der Waals surface area contributed by atoms with Gasteiger partial charge in [-0.25, -0.2) is 4.79 Å².